The van der Waals surface area contributed by atoms with Gasteiger partial charge in [-0.05, 0) is 93.8 Å². The lowest BCUT2D eigenvalue weighted by atomic mass is 9.92. The molecule has 5 aromatic rings. The SMILES string of the molecule is CCCS(=O)(=O)Nc1cccc(-c2nc(C(C)(C)C)sc2-c2ccnc(Nc3cnn(CC4CCN(CC5CCN(c6ccc(C(=O)N[C@@H]7CCC(=O)NC7=O)nc6)CC5)CC4)c3)n2)c1F. The number of piperidine rings is 3. The molecule has 1 atom stereocenters. The van der Waals surface area contributed by atoms with Crippen LogP contribution in [0.1, 0.15) is 88.1 Å². The molecule has 8 rings (SSSR count). The summed E-state index contributed by atoms with van der Waals surface area (Å²) in [6, 6.07) is 9.24. The molecule has 0 spiro atoms. The summed E-state index contributed by atoms with van der Waals surface area (Å²) in [5, 5.41) is 13.7. The van der Waals surface area contributed by atoms with Gasteiger partial charge in [-0.15, -0.1) is 11.3 Å². The number of carbonyl (C=O) groups excluding carboxylic acids is 3. The molecule has 4 aromatic heterocycles. The molecule has 3 aliphatic rings. The molecule has 0 saturated carbocycles. The Hall–Kier alpha value is -5.86. The third-order valence-corrected chi connectivity index (χ3v) is 15.2. The number of aromatic nitrogens is 6. The largest absolute Gasteiger partial charge is 0.370 e. The molecule has 7 heterocycles. The highest BCUT2D eigenvalue weighted by molar-refractivity contribution is 7.92. The summed E-state index contributed by atoms with van der Waals surface area (Å²) in [5.41, 5.74) is 2.60. The molecule has 0 unspecified atom stereocenters. The van der Waals surface area contributed by atoms with Crippen LogP contribution in [0.5, 0.6) is 0 Å². The van der Waals surface area contributed by atoms with E-state index >= 15 is 4.39 Å². The summed E-state index contributed by atoms with van der Waals surface area (Å²) in [5.74, 6) is -0.604. The molecule has 1 aromatic carbocycles. The average molecular weight is 941 g/mol. The molecule has 4 N–H and O–H groups in total. The number of nitrogens with one attached hydrogen (secondary N) is 4. The fourth-order valence-electron chi connectivity index (χ4n) is 8.61. The molecule has 3 aliphatic heterocycles. The molecule has 3 amide bonds. The van der Waals surface area contributed by atoms with Crippen molar-refractivity contribution in [2.45, 2.75) is 90.6 Å². The highest BCUT2D eigenvalue weighted by Gasteiger charge is 2.30. The monoisotopic (exact) mass is 940 g/mol. The van der Waals surface area contributed by atoms with Crippen LogP contribution in [0.15, 0.2) is 61.2 Å². The van der Waals surface area contributed by atoms with E-state index in [1.165, 1.54) is 17.4 Å². The Kier molecular flexibility index (Phi) is 14.1. The van der Waals surface area contributed by atoms with Crippen LogP contribution in [0.3, 0.4) is 0 Å². The number of amides is 3. The van der Waals surface area contributed by atoms with Crippen molar-refractivity contribution < 1.29 is 27.2 Å². The first kappa shape index (κ1) is 46.7. The lowest BCUT2D eigenvalue weighted by Gasteiger charge is -2.38. The smallest absolute Gasteiger partial charge is 0.270 e. The fraction of sp³-hybridized carbons (Fsp3) is 0.478. The van der Waals surface area contributed by atoms with E-state index in [4.69, 9.17) is 9.97 Å². The number of thiazole rings is 1. The molecule has 0 radical (unpaired) electrons. The second-order valence-corrected chi connectivity index (χ2v) is 21.3. The highest BCUT2D eigenvalue weighted by atomic mass is 32.2. The number of hydrogen-bond acceptors (Lipinski definition) is 14. The zero-order chi connectivity index (χ0) is 46.6. The maximum absolute atomic E-state index is 16.1. The van der Waals surface area contributed by atoms with Crippen LogP contribution in [0, 0.1) is 17.7 Å². The number of sulfonamides is 1. The topological polar surface area (TPSA) is 209 Å². The Morgan fingerprint density at radius 2 is 1.70 bits per heavy atom. The van der Waals surface area contributed by atoms with Gasteiger partial charge < -0.3 is 20.4 Å². The van der Waals surface area contributed by atoms with Crippen molar-refractivity contribution in [1.82, 2.24) is 45.2 Å². The van der Waals surface area contributed by atoms with Crippen LogP contribution in [-0.4, -0.2) is 105 Å². The van der Waals surface area contributed by atoms with Crippen LogP contribution in [-0.2, 0) is 31.6 Å². The van der Waals surface area contributed by atoms with Gasteiger partial charge in [0.2, 0.25) is 27.8 Å². The van der Waals surface area contributed by atoms with Gasteiger partial charge in [-0.25, -0.2) is 32.7 Å². The summed E-state index contributed by atoms with van der Waals surface area (Å²) >= 11 is 1.42. The molecule has 20 heteroatoms. The molecule has 350 valence electrons. The summed E-state index contributed by atoms with van der Waals surface area (Å²) in [6.45, 7) is 13.7. The van der Waals surface area contributed by atoms with Crippen LogP contribution in [0.25, 0.3) is 21.8 Å². The molecule has 3 saturated heterocycles. The van der Waals surface area contributed by atoms with Crippen LogP contribution < -0.4 is 25.6 Å². The lowest BCUT2D eigenvalue weighted by Crippen LogP contribution is -2.52. The van der Waals surface area contributed by atoms with Gasteiger partial charge in [0.25, 0.3) is 5.91 Å². The summed E-state index contributed by atoms with van der Waals surface area (Å²) < 4.78 is 45.5. The van der Waals surface area contributed by atoms with Crippen molar-refractivity contribution in [2.24, 2.45) is 11.8 Å². The van der Waals surface area contributed by atoms with Gasteiger partial charge >= 0.3 is 0 Å². The van der Waals surface area contributed by atoms with E-state index in [1.54, 1.807) is 49.8 Å². The van der Waals surface area contributed by atoms with E-state index in [-0.39, 0.29) is 46.9 Å². The van der Waals surface area contributed by atoms with Crippen molar-refractivity contribution in [3.05, 3.63) is 77.7 Å². The predicted octanol–water partition coefficient (Wildman–Crippen LogP) is 6.35. The van der Waals surface area contributed by atoms with E-state index < -0.39 is 33.7 Å². The molecular formula is C46H57FN12O5S2. The highest BCUT2D eigenvalue weighted by Crippen LogP contribution is 2.42. The first-order valence-corrected chi connectivity index (χ1v) is 25.1. The van der Waals surface area contributed by atoms with Gasteiger partial charge in [-0.3, -0.25) is 29.1 Å². The van der Waals surface area contributed by atoms with Crippen molar-refractivity contribution in [3.8, 4) is 21.8 Å². The number of carbonyl (C=O) groups is 3. The third-order valence-electron chi connectivity index (χ3n) is 12.2. The van der Waals surface area contributed by atoms with Crippen LogP contribution in [0.4, 0.5) is 27.4 Å². The molecule has 3 fully saturated rings. The quantitative estimate of drug-likeness (QED) is 0.0845. The van der Waals surface area contributed by atoms with E-state index in [0.717, 1.165) is 81.3 Å². The Bertz CT molecular complexity index is 2650. The number of hydrogen-bond donors (Lipinski definition) is 4. The standard InChI is InChI=1S/C46H57FN12O5S2/c1-5-23-66(63,64)56-34-8-6-7-33(39(34)47)40-41(65-44(55-40)46(2,3)4)35-13-18-48-45(53-35)51-31-24-50-59(28-31)27-30-14-19-57(20-15-30)26-29-16-21-58(22-17-29)32-9-10-36(49-25-32)42(61)52-37-11-12-38(60)54-43(37)62/h6-10,13,18,24-25,28-30,37,56H,5,11-12,14-17,19-23,26-27H2,1-4H3,(H,52,61)(H,48,51,53)(H,54,60,62)/t37-/m1/s1. The maximum Gasteiger partial charge on any atom is 0.270 e. The minimum atomic E-state index is -3.72. The fourth-order valence-corrected chi connectivity index (χ4v) is 10.8. The number of rotatable bonds is 15. The van der Waals surface area contributed by atoms with Gasteiger partial charge in [0, 0.05) is 56.0 Å². The van der Waals surface area contributed by atoms with Crippen molar-refractivity contribution in [2.75, 3.05) is 53.4 Å². The maximum atomic E-state index is 16.1. The van der Waals surface area contributed by atoms with Gasteiger partial charge in [-0.1, -0.05) is 33.8 Å². The van der Waals surface area contributed by atoms with Crippen LogP contribution in [0.2, 0.25) is 0 Å². The first-order valence-electron chi connectivity index (χ1n) is 22.6. The molecule has 0 aliphatic carbocycles. The Morgan fingerprint density at radius 1 is 0.939 bits per heavy atom. The first-order chi connectivity index (χ1) is 31.6. The van der Waals surface area contributed by atoms with Crippen molar-refractivity contribution in [3.63, 3.8) is 0 Å². The number of imide groups is 1. The Labute approximate surface area is 388 Å². The summed E-state index contributed by atoms with van der Waals surface area (Å²) in [6.07, 6.45) is 12.3. The minimum absolute atomic E-state index is 0.117. The van der Waals surface area contributed by atoms with Crippen LogP contribution >= 0.6 is 11.3 Å². The molecule has 0 bridgehead atoms. The number of pyridine rings is 1. The van der Waals surface area contributed by atoms with E-state index in [0.29, 0.717) is 40.5 Å². The Morgan fingerprint density at radius 3 is 2.41 bits per heavy atom. The number of benzene rings is 1. The predicted molar refractivity (Wildman–Crippen MR) is 252 cm³/mol. The summed E-state index contributed by atoms with van der Waals surface area (Å²) in [7, 11) is -3.72. The van der Waals surface area contributed by atoms with E-state index in [1.807, 2.05) is 37.7 Å². The third kappa shape index (κ3) is 11.4. The van der Waals surface area contributed by atoms with E-state index in [2.05, 4.69) is 45.5 Å². The molecular weight excluding hydrogens is 884 g/mol. The van der Waals surface area contributed by atoms with Crippen molar-refractivity contribution >= 4 is 62.1 Å². The number of anilines is 4. The Balaban J connectivity index is 0.817. The van der Waals surface area contributed by atoms with Gasteiger partial charge in [-0.2, -0.15) is 5.10 Å². The number of likely N-dealkylation sites (tertiary alicyclic amines) is 1. The van der Waals surface area contributed by atoms with E-state index in [9.17, 15) is 22.8 Å². The zero-order valence-electron chi connectivity index (χ0n) is 37.7. The van der Waals surface area contributed by atoms with Gasteiger partial charge in [0.15, 0.2) is 5.82 Å². The number of nitrogens with zero attached hydrogens (tertiary/aromatic N) is 8. The van der Waals surface area contributed by atoms with Gasteiger partial charge in [0.1, 0.15) is 11.7 Å². The minimum Gasteiger partial charge on any atom is -0.370 e. The summed E-state index contributed by atoms with van der Waals surface area (Å²) in [4.78, 5) is 60.2. The normalized spacial score (nSPS) is 18.0. The zero-order valence-corrected chi connectivity index (χ0v) is 39.4. The average Bonchev–Trinajstić information content (AvgIpc) is 3.94. The number of halogens is 1. The second kappa shape index (κ2) is 19.9. The lowest BCUT2D eigenvalue weighted by molar-refractivity contribution is -0.134. The second-order valence-electron chi connectivity index (χ2n) is 18.4. The molecule has 66 heavy (non-hydrogen) atoms. The molecule has 17 nitrogen and oxygen atoms in total. The van der Waals surface area contributed by atoms with Gasteiger partial charge in [0.05, 0.1) is 56.5 Å². The van der Waals surface area contributed by atoms with Crippen molar-refractivity contribution in [1.29, 1.82) is 0 Å².